The average Bonchev–Trinajstić information content (AvgIpc) is 2.55. The summed E-state index contributed by atoms with van der Waals surface area (Å²) >= 11 is 5.47. The number of halogens is 4. The van der Waals surface area contributed by atoms with Crippen LogP contribution in [-0.4, -0.2) is 23.1 Å². The molecule has 0 unspecified atom stereocenters. The molecule has 10 heteroatoms. The highest BCUT2D eigenvalue weighted by Crippen LogP contribution is 2.36. The van der Waals surface area contributed by atoms with Crippen molar-refractivity contribution in [3.63, 3.8) is 0 Å². The van der Waals surface area contributed by atoms with E-state index in [-0.39, 0.29) is 11.4 Å². The fourth-order valence-corrected chi connectivity index (χ4v) is 2.05. The highest BCUT2D eigenvalue weighted by Gasteiger charge is 2.33. The van der Waals surface area contributed by atoms with E-state index in [9.17, 15) is 27.9 Å². The lowest BCUT2D eigenvalue weighted by molar-refractivity contribution is -0.137. The zero-order valence-corrected chi connectivity index (χ0v) is 13.6. The Bertz CT molecular complexity index is 869. The number of nitrogens with zero attached hydrogens (tertiary/aromatic N) is 1. The predicted octanol–water partition coefficient (Wildman–Crippen LogP) is 3.15. The standard InChI is InChI=1S/C16H11ClF3N3O3/c17-13-5-4-10(7-12(13)16(18,19)20)22-14(25)15(26)23-21-8-9-2-1-3-11(24)6-9/h1-8,24H,(H,22,25)(H,23,26)/b21-8-. The first kappa shape index (κ1) is 19.3. The van der Waals surface area contributed by atoms with E-state index < -0.39 is 28.6 Å². The number of phenolic OH excluding ortho intramolecular Hbond substituents is 1. The second-order valence-electron chi connectivity index (χ2n) is 4.94. The van der Waals surface area contributed by atoms with E-state index in [2.05, 4.69) is 5.10 Å². The summed E-state index contributed by atoms with van der Waals surface area (Å²) in [4.78, 5) is 23.3. The molecule has 0 aliphatic carbocycles. The van der Waals surface area contributed by atoms with Crippen LogP contribution in [0, 0.1) is 0 Å². The summed E-state index contributed by atoms with van der Waals surface area (Å²) in [6, 6.07) is 8.62. The van der Waals surface area contributed by atoms with E-state index in [1.807, 2.05) is 10.7 Å². The molecule has 0 saturated carbocycles. The second kappa shape index (κ2) is 7.87. The number of carbonyl (C=O) groups is 2. The number of amides is 2. The summed E-state index contributed by atoms with van der Waals surface area (Å²) in [6.45, 7) is 0. The molecule has 0 fully saturated rings. The average molecular weight is 386 g/mol. The number of rotatable bonds is 3. The third-order valence-electron chi connectivity index (χ3n) is 2.99. The lowest BCUT2D eigenvalue weighted by atomic mass is 10.2. The summed E-state index contributed by atoms with van der Waals surface area (Å²) in [5.41, 5.74) is 0.981. The summed E-state index contributed by atoms with van der Waals surface area (Å²) in [5, 5.41) is 14.3. The van der Waals surface area contributed by atoms with Crippen molar-refractivity contribution < 1.29 is 27.9 Å². The number of alkyl halides is 3. The van der Waals surface area contributed by atoms with Gasteiger partial charge in [-0.25, -0.2) is 5.43 Å². The zero-order valence-electron chi connectivity index (χ0n) is 12.8. The molecule has 0 atom stereocenters. The summed E-state index contributed by atoms with van der Waals surface area (Å²) in [7, 11) is 0. The molecule has 0 aliphatic rings. The number of aromatic hydroxyl groups is 1. The van der Waals surface area contributed by atoms with Gasteiger partial charge in [-0.2, -0.15) is 18.3 Å². The van der Waals surface area contributed by atoms with E-state index in [4.69, 9.17) is 11.6 Å². The molecule has 0 heterocycles. The van der Waals surface area contributed by atoms with Gasteiger partial charge in [0, 0.05) is 5.69 Å². The van der Waals surface area contributed by atoms with Gasteiger partial charge in [-0.1, -0.05) is 23.7 Å². The molecule has 2 rings (SSSR count). The van der Waals surface area contributed by atoms with Gasteiger partial charge in [0.2, 0.25) is 0 Å². The molecule has 0 radical (unpaired) electrons. The molecule has 0 aliphatic heterocycles. The second-order valence-corrected chi connectivity index (χ2v) is 5.35. The van der Waals surface area contributed by atoms with Crippen LogP contribution >= 0.6 is 11.6 Å². The monoisotopic (exact) mass is 385 g/mol. The van der Waals surface area contributed by atoms with Gasteiger partial charge in [0.05, 0.1) is 16.8 Å². The van der Waals surface area contributed by atoms with Crippen LogP contribution < -0.4 is 10.7 Å². The van der Waals surface area contributed by atoms with Gasteiger partial charge in [0.25, 0.3) is 0 Å². The number of hydrogen-bond donors (Lipinski definition) is 3. The third kappa shape index (κ3) is 5.21. The minimum absolute atomic E-state index is 0.0128. The number of hydrazone groups is 1. The Hall–Kier alpha value is -3.07. The van der Waals surface area contributed by atoms with Crippen LogP contribution in [0.4, 0.5) is 18.9 Å². The molecule has 26 heavy (non-hydrogen) atoms. The number of nitrogens with one attached hydrogen (secondary N) is 2. The Kier molecular flexibility index (Phi) is 5.83. The van der Waals surface area contributed by atoms with Crippen LogP contribution in [0.25, 0.3) is 0 Å². The maximum atomic E-state index is 12.8. The lowest BCUT2D eigenvalue weighted by Crippen LogP contribution is -2.32. The molecule has 0 saturated heterocycles. The predicted molar refractivity (Wildman–Crippen MR) is 88.9 cm³/mol. The van der Waals surface area contributed by atoms with Crippen molar-refractivity contribution in [2.75, 3.05) is 5.32 Å². The minimum atomic E-state index is -4.70. The highest BCUT2D eigenvalue weighted by molar-refractivity contribution is 6.39. The normalized spacial score (nSPS) is 11.4. The molecule has 2 amide bonds. The first-order valence-electron chi connectivity index (χ1n) is 6.97. The molecule has 2 aromatic carbocycles. The fraction of sp³-hybridized carbons (Fsp3) is 0.0625. The molecule has 2 aromatic rings. The van der Waals surface area contributed by atoms with E-state index in [1.165, 1.54) is 18.3 Å². The van der Waals surface area contributed by atoms with Gasteiger partial charge in [0.15, 0.2) is 0 Å². The van der Waals surface area contributed by atoms with E-state index in [0.717, 1.165) is 12.1 Å². The van der Waals surface area contributed by atoms with Gasteiger partial charge in [0.1, 0.15) is 5.75 Å². The van der Waals surface area contributed by atoms with E-state index in [1.54, 1.807) is 12.1 Å². The van der Waals surface area contributed by atoms with Crippen molar-refractivity contribution >= 4 is 35.3 Å². The van der Waals surface area contributed by atoms with Crippen LogP contribution in [0.15, 0.2) is 47.6 Å². The Balaban J connectivity index is 2.00. The van der Waals surface area contributed by atoms with Gasteiger partial charge in [-0.3, -0.25) is 9.59 Å². The van der Waals surface area contributed by atoms with Crippen LogP contribution in [0.3, 0.4) is 0 Å². The number of phenols is 1. The number of anilines is 1. The number of benzene rings is 2. The largest absolute Gasteiger partial charge is 0.508 e. The third-order valence-corrected chi connectivity index (χ3v) is 3.32. The molecular weight excluding hydrogens is 375 g/mol. The minimum Gasteiger partial charge on any atom is -0.508 e. The van der Waals surface area contributed by atoms with Crippen molar-refractivity contribution in [3.05, 3.63) is 58.6 Å². The van der Waals surface area contributed by atoms with Gasteiger partial charge < -0.3 is 10.4 Å². The van der Waals surface area contributed by atoms with Crippen LogP contribution in [0.2, 0.25) is 5.02 Å². The first-order chi connectivity index (χ1) is 12.2. The summed E-state index contributed by atoms with van der Waals surface area (Å²) in [6.07, 6.45) is -3.53. The molecule has 6 nitrogen and oxygen atoms in total. The fourth-order valence-electron chi connectivity index (χ4n) is 1.83. The van der Waals surface area contributed by atoms with Crippen molar-refractivity contribution in [2.24, 2.45) is 5.10 Å². The molecular formula is C16H11ClF3N3O3. The Morgan fingerprint density at radius 1 is 1.12 bits per heavy atom. The topological polar surface area (TPSA) is 90.8 Å². The molecule has 0 bridgehead atoms. The quantitative estimate of drug-likeness (QED) is 0.430. The highest BCUT2D eigenvalue weighted by atomic mass is 35.5. The Labute approximate surface area is 150 Å². The Morgan fingerprint density at radius 3 is 2.50 bits per heavy atom. The lowest BCUT2D eigenvalue weighted by Gasteiger charge is -2.11. The van der Waals surface area contributed by atoms with E-state index >= 15 is 0 Å². The summed E-state index contributed by atoms with van der Waals surface area (Å²) in [5.74, 6) is -2.42. The molecule has 136 valence electrons. The van der Waals surface area contributed by atoms with E-state index in [0.29, 0.717) is 11.6 Å². The smallest absolute Gasteiger partial charge is 0.417 e. The summed E-state index contributed by atoms with van der Waals surface area (Å²) < 4.78 is 38.3. The first-order valence-corrected chi connectivity index (χ1v) is 7.35. The van der Waals surface area contributed by atoms with Crippen molar-refractivity contribution in [1.29, 1.82) is 0 Å². The van der Waals surface area contributed by atoms with Crippen molar-refractivity contribution in [1.82, 2.24) is 5.43 Å². The Morgan fingerprint density at radius 2 is 1.85 bits per heavy atom. The maximum absolute atomic E-state index is 12.8. The molecule has 0 aromatic heterocycles. The molecule has 3 N–H and O–H groups in total. The maximum Gasteiger partial charge on any atom is 0.417 e. The number of hydrogen-bond acceptors (Lipinski definition) is 4. The van der Waals surface area contributed by atoms with Gasteiger partial charge in [-0.15, -0.1) is 0 Å². The number of carbonyl (C=O) groups excluding carboxylic acids is 2. The van der Waals surface area contributed by atoms with Crippen LogP contribution in [0.5, 0.6) is 5.75 Å². The van der Waals surface area contributed by atoms with Crippen molar-refractivity contribution in [2.45, 2.75) is 6.18 Å². The SMILES string of the molecule is O=C(N/N=C\c1cccc(O)c1)C(=O)Nc1ccc(Cl)c(C(F)(F)F)c1. The van der Waals surface area contributed by atoms with Crippen LogP contribution in [-0.2, 0) is 15.8 Å². The van der Waals surface area contributed by atoms with Gasteiger partial charge in [-0.05, 0) is 35.9 Å². The van der Waals surface area contributed by atoms with Crippen LogP contribution in [0.1, 0.15) is 11.1 Å². The zero-order chi connectivity index (χ0) is 19.3. The van der Waals surface area contributed by atoms with Gasteiger partial charge >= 0.3 is 18.0 Å². The van der Waals surface area contributed by atoms with Crippen molar-refractivity contribution in [3.8, 4) is 5.75 Å². The molecule has 0 spiro atoms.